The molecule has 134 valence electrons. The lowest BCUT2D eigenvalue weighted by atomic mass is 10.2. The first-order chi connectivity index (χ1) is 12.5. The van der Waals surface area contributed by atoms with Crippen LogP contribution in [0, 0.1) is 27.7 Å². The number of nitrogens with one attached hydrogen (secondary N) is 1. The topological polar surface area (TPSA) is 46.9 Å². The Balaban J connectivity index is 1.72. The van der Waals surface area contributed by atoms with Crippen molar-refractivity contribution in [3.05, 3.63) is 71.0 Å². The molecule has 0 bridgehead atoms. The van der Waals surface area contributed by atoms with E-state index in [-0.39, 0.29) is 5.91 Å². The molecule has 1 heterocycles. The van der Waals surface area contributed by atoms with Gasteiger partial charge in [-0.15, -0.1) is 11.8 Å². The van der Waals surface area contributed by atoms with Crippen molar-refractivity contribution in [2.45, 2.75) is 32.6 Å². The van der Waals surface area contributed by atoms with Crippen LogP contribution in [0.25, 0.3) is 5.69 Å². The first kappa shape index (κ1) is 18.3. The number of hydrogen-bond donors (Lipinski definition) is 1. The molecular weight excluding hydrogens is 342 g/mol. The molecule has 0 atom stereocenters. The normalized spacial score (nSPS) is 10.8. The lowest BCUT2D eigenvalue weighted by Gasteiger charge is -2.08. The van der Waals surface area contributed by atoms with Gasteiger partial charge in [0.15, 0.2) is 0 Å². The molecule has 3 rings (SSSR count). The third kappa shape index (κ3) is 3.99. The standard InChI is InChI=1S/C21H23N3OS/c1-14-9-11-18(12-10-14)24-17(4)21(16(3)23-24)22-20(25)13-26-19-8-6-5-7-15(19)2/h5-12H,13H2,1-4H3,(H,22,25). The highest BCUT2D eigenvalue weighted by atomic mass is 32.2. The fourth-order valence-corrected chi connectivity index (χ4v) is 3.63. The van der Waals surface area contributed by atoms with Crippen molar-refractivity contribution < 1.29 is 4.79 Å². The van der Waals surface area contributed by atoms with E-state index < -0.39 is 0 Å². The summed E-state index contributed by atoms with van der Waals surface area (Å²) < 4.78 is 1.87. The Bertz CT molecular complexity index is 929. The second-order valence-corrected chi connectivity index (χ2v) is 7.41. The largest absolute Gasteiger partial charge is 0.322 e. The number of hydrogen-bond acceptors (Lipinski definition) is 3. The monoisotopic (exact) mass is 365 g/mol. The molecule has 2 aromatic carbocycles. The predicted molar refractivity (Wildman–Crippen MR) is 108 cm³/mol. The quantitative estimate of drug-likeness (QED) is 0.658. The second-order valence-electron chi connectivity index (χ2n) is 6.40. The maximum Gasteiger partial charge on any atom is 0.234 e. The highest BCUT2D eigenvalue weighted by Gasteiger charge is 2.15. The summed E-state index contributed by atoms with van der Waals surface area (Å²) in [7, 11) is 0. The van der Waals surface area contributed by atoms with E-state index in [1.807, 2.05) is 48.9 Å². The molecule has 3 aromatic rings. The highest BCUT2D eigenvalue weighted by Crippen LogP contribution is 2.25. The molecule has 0 spiro atoms. The van der Waals surface area contributed by atoms with E-state index in [1.165, 1.54) is 11.1 Å². The van der Waals surface area contributed by atoms with Gasteiger partial charge in [0.2, 0.25) is 5.91 Å². The minimum absolute atomic E-state index is 0.0205. The minimum Gasteiger partial charge on any atom is -0.322 e. The molecule has 0 aliphatic heterocycles. The Morgan fingerprint density at radius 2 is 1.73 bits per heavy atom. The number of carbonyl (C=O) groups is 1. The van der Waals surface area contributed by atoms with E-state index >= 15 is 0 Å². The number of carbonyl (C=O) groups excluding carboxylic acids is 1. The fourth-order valence-electron chi connectivity index (χ4n) is 2.80. The van der Waals surface area contributed by atoms with Crippen LogP contribution in [0.3, 0.4) is 0 Å². The summed E-state index contributed by atoms with van der Waals surface area (Å²) in [6, 6.07) is 16.3. The summed E-state index contributed by atoms with van der Waals surface area (Å²) in [4.78, 5) is 13.6. The van der Waals surface area contributed by atoms with Crippen molar-refractivity contribution in [2.75, 3.05) is 11.1 Å². The number of aryl methyl sites for hydroxylation is 3. The summed E-state index contributed by atoms with van der Waals surface area (Å²) in [6.07, 6.45) is 0. The van der Waals surface area contributed by atoms with E-state index in [0.717, 1.165) is 27.7 Å². The van der Waals surface area contributed by atoms with Gasteiger partial charge in [-0.05, 0) is 51.5 Å². The Hall–Kier alpha value is -2.53. The van der Waals surface area contributed by atoms with Crippen LogP contribution in [-0.2, 0) is 4.79 Å². The molecule has 1 aromatic heterocycles. The molecule has 5 heteroatoms. The molecule has 0 aliphatic rings. The van der Waals surface area contributed by atoms with Gasteiger partial charge in [0.25, 0.3) is 0 Å². The third-order valence-corrected chi connectivity index (χ3v) is 5.46. The van der Waals surface area contributed by atoms with Crippen molar-refractivity contribution in [3.63, 3.8) is 0 Å². The van der Waals surface area contributed by atoms with Crippen LogP contribution >= 0.6 is 11.8 Å². The van der Waals surface area contributed by atoms with E-state index in [1.54, 1.807) is 11.8 Å². The molecule has 4 nitrogen and oxygen atoms in total. The summed E-state index contributed by atoms with van der Waals surface area (Å²) in [5.41, 5.74) is 5.92. The zero-order valence-corrected chi connectivity index (χ0v) is 16.4. The zero-order chi connectivity index (χ0) is 18.7. The Kier molecular flexibility index (Phi) is 5.47. The van der Waals surface area contributed by atoms with Crippen molar-refractivity contribution in [1.29, 1.82) is 0 Å². The Morgan fingerprint density at radius 1 is 1.04 bits per heavy atom. The SMILES string of the molecule is Cc1ccc(-n2nc(C)c(NC(=O)CSc3ccccc3C)c2C)cc1. The first-order valence-corrected chi connectivity index (χ1v) is 9.56. The molecule has 26 heavy (non-hydrogen) atoms. The van der Waals surface area contributed by atoms with Gasteiger partial charge in [-0.2, -0.15) is 5.10 Å². The van der Waals surface area contributed by atoms with Gasteiger partial charge in [-0.3, -0.25) is 4.79 Å². The van der Waals surface area contributed by atoms with E-state index in [0.29, 0.717) is 5.75 Å². The van der Waals surface area contributed by atoms with Gasteiger partial charge in [0.1, 0.15) is 0 Å². The number of benzene rings is 2. The molecular formula is C21H23N3OS. The molecule has 1 amide bonds. The van der Waals surface area contributed by atoms with Crippen LogP contribution in [0.1, 0.15) is 22.5 Å². The van der Waals surface area contributed by atoms with Gasteiger partial charge in [-0.1, -0.05) is 35.9 Å². The van der Waals surface area contributed by atoms with Gasteiger partial charge >= 0.3 is 0 Å². The summed E-state index contributed by atoms with van der Waals surface area (Å²) >= 11 is 1.55. The van der Waals surface area contributed by atoms with Crippen LogP contribution in [0.2, 0.25) is 0 Å². The van der Waals surface area contributed by atoms with E-state index in [2.05, 4.69) is 42.5 Å². The molecule has 0 aliphatic carbocycles. The lowest BCUT2D eigenvalue weighted by molar-refractivity contribution is -0.113. The lowest BCUT2D eigenvalue weighted by Crippen LogP contribution is -2.15. The second kappa shape index (κ2) is 7.79. The smallest absolute Gasteiger partial charge is 0.234 e. The molecule has 1 N–H and O–H groups in total. The van der Waals surface area contributed by atoms with Crippen LogP contribution in [0.4, 0.5) is 5.69 Å². The Labute approximate surface area is 158 Å². The average Bonchev–Trinajstić information content (AvgIpc) is 2.90. The summed E-state index contributed by atoms with van der Waals surface area (Å²) in [6.45, 7) is 8.01. The van der Waals surface area contributed by atoms with Crippen LogP contribution < -0.4 is 5.32 Å². The van der Waals surface area contributed by atoms with Crippen molar-refractivity contribution in [2.24, 2.45) is 0 Å². The number of nitrogens with zero attached hydrogens (tertiary/aromatic N) is 2. The van der Waals surface area contributed by atoms with Crippen LogP contribution in [0.15, 0.2) is 53.4 Å². The van der Waals surface area contributed by atoms with Gasteiger partial charge in [0.05, 0.1) is 28.5 Å². The third-order valence-electron chi connectivity index (χ3n) is 4.29. The maximum absolute atomic E-state index is 12.4. The molecule has 0 radical (unpaired) electrons. The van der Waals surface area contributed by atoms with Crippen LogP contribution in [-0.4, -0.2) is 21.4 Å². The molecule has 0 saturated heterocycles. The highest BCUT2D eigenvalue weighted by molar-refractivity contribution is 8.00. The predicted octanol–water partition coefficient (Wildman–Crippen LogP) is 4.84. The van der Waals surface area contributed by atoms with Crippen molar-refractivity contribution in [1.82, 2.24) is 9.78 Å². The molecule has 0 fully saturated rings. The minimum atomic E-state index is -0.0205. The number of rotatable bonds is 5. The van der Waals surface area contributed by atoms with Gasteiger partial charge in [-0.25, -0.2) is 4.68 Å². The first-order valence-electron chi connectivity index (χ1n) is 8.57. The van der Waals surface area contributed by atoms with Crippen LogP contribution in [0.5, 0.6) is 0 Å². The van der Waals surface area contributed by atoms with Gasteiger partial charge < -0.3 is 5.32 Å². The van der Waals surface area contributed by atoms with Crippen molar-refractivity contribution in [3.8, 4) is 5.69 Å². The van der Waals surface area contributed by atoms with E-state index in [9.17, 15) is 4.79 Å². The van der Waals surface area contributed by atoms with Gasteiger partial charge in [0, 0.05) is 4.90 Å². The number of thioether (sulfide) groups is 1. The summed E-state index contributed by atoms with van der Waals surface area (Å²) in [5.74, 6) is 0.354. The van der Waals surface area contributed by atoms with Crippen molar-refractivity contribution >= 4 is 23.4 Å². The molecule has 0 saturated carbocycles. The number of anilines is 1. The Morgan fingerprint density at radius 3 is 2.42 bits per heavy atom. The average molecular weight is 366 g/mol. The molecule has 0 unspecified atom stereocenters. The summed E-state index contributed by atoms with van der Waals surface area (Å²) in [5, 5.41) is 7.62. The maximum atomic E-state index is 12.4. The zero-order valence-electron chi connectivity index (χ0n) is 15.5. The fraction of sp³-hybridized carbons (Fsp3) is 0.238. The number of amides is 1. The van der Waals surface area contributed by atoms with E-state index in [4.69, 9.17) is 0 Å². The number of aromatic nitrogens is 2.